The third kappa shape index (κ3) is 7.69. The maximum atomic E-state index is 12.1. The number of nitrogens with zero attached hydrogens (tertiary/aromatic N) is 1. The summed E-state index contributed by atoms with van der Waals surface area (Å²) in [6.45, 7) is 1.45. The summed E-state index contributed by atoms with van der Waals surface area (Å²) in [7, 11) is 0. The van der Waals surface area contributed by atoms with Gasteiger partial charge in [-0.25, -0.2) is 4.79 Å². The summed E-state index contributed by atoms with van der Waals surface area (Å²) in [5.74, 6) is -0.657. The smallest absolute Gasteiger partial charge is 0.404 e. The van der Waals surface area contributed by atoms with Gasteiger partial charge in [-0.05, 0) is 24.0 Å². The maximum absolute atomic E-state index is 12.1. The van der Waals surface area contributed by atoms with Crippen LogP contribution in [-0.2, 0) is 28.8 Å². The molecule has 4 N–H and O–H groups in total. The predicted octanol–water partition coefficient (Wildman–Crippen LogP) is 3.12. The predicted molar refractivity (Wildman–Crippen MR) is 128 cm³/mol. The van der Waals surface area contributed by atoms with E-state index >= 15 is 0 Å². The number of hydrogen-bond acceptors (Lipinski definition) is 6. The van der Waals surface area contributed by atoms with E-state index in [1.165, 1.54) is 18.3 Å². The number of aliphatic hydroxyl groups is 1. The second-order valence-corrected chi connectivity index (χ2v) is 8.96. The zero-order valence-corrected chi connectivity index (χ0v) is 19.3. The number of hydrogen-bond donors (Lipinski definition) is 3. The normalized spacial score (nSPS) is 14.6. The van der Waals surface area contributed by atoms with Crippen LogP contribution in [0.25, 0.3) is 0 Å². The fraction of sp³-hybridized carbons (Fsp3) is 0.320. The molecule has 174 valence electrons. The third-order valence-corrected chi connectivity index (χ3v) is 6.29. The molecule has 0 fully saturated rings. The first kappa shape index (κ1) is 24.4. The maximum Gasteiger partial charge on any atom is 0.404 e. The first-order valence-electron chi connectivity index (χ1n) is 10.8. The van der Waals surface area contributed by atoms with Crippen molar-refractivity contribution in [2.45, 2.75) is 44.4 Å². The molecule has 0 aliphatic heterocycles. The minimum Gasteiger partial charge on any atom is -0.443 e. The highest BCUT2D eigenvalue weighted by Gasteiger charge is 2.36. The Hall–Kier alpha value is -3.23. The van der Waals surface area contributed by atoms with Crippen molar-refractivity contribution in [1.29, 1.82) is 0 Å². The molecule has 0 aliphatic rings. The molecular formula is C25H29N3O4S. The van der Waals surface area contributed by atoms with Crippen LogP contribution in [-0.4, -0.2) is 40.3 Å². The average Bonchev–Trinajstić information content (AvgIpc) is 3.30. The van der Waals surface area contributed by atoms with Crippen LogP contribution in [0.15, 0.2) is 72.4 Å². The van der Waals surface area contributed by atoms with Crippen molar-refractivity contribution < 1.29 is 19.4 Å². The Morgan fingerprint density at radius 2 is 1.64 bits per heavy atom. The number of ether oxygens (including phenoxy) is 1. The molecule has 0 spiro atoms. The summed E-state index contributed by atoms with van der Waals surface area (Å²) in [5, 5.41) is 14.5. The number of carbonyl (C=O) groups is 2. The molecule has 1 aromatic heterocycles. The minimum atomic E-state index is -1.08. The largest absolute Gasteiger partial charge is 0.443 e. The quantitative estimate of drug-likeness (QED) is 0.401. The topological polar surface area (TPSA) is 115 Å². The van der Waals surface area contributed by atoms with Crippen molar-refractivity contribution in [1.82, 2.24) is 10.3 Å². The highest BCUT2D eigenvalue weighted by molar-refractivity contribution is 7.09. The van der Waals surface area contributed by atoms with Crippen LogP contribution in [0.2, 0.25) is 0 Å². The number of carbonyl (C=O) groups excluding carboxylic acids is 2. The molecule has 0 aliphatic carbocycles. The monoisotopic (exact) mass is 467 g/mol. The average molecular weight is 468 g/mol. The van der Waals surface area contributed by atoms with Crippen molar-refractivity contribution in [3.8, 4) is 0 Å². The molecule has 1 unspecified atom stereocenters. The van der Waals surface area contributed by atoms with Crippen LogP contribution >= 0.6 is 11.3 Å². The van der Waals surface area contributed by atoms with E-state index in [4.69, 9.17) is 10.5 Å². The van der Waals surface area contributed by atoms with Crippen molar-refractivity contribution in [2.24, 2.45) is 11.7 Å². The molecule has 3 aromatic rings. The van der Waals surface area contributed by atoms with Gasteiger partial charge in [-0.1, -0.05) is 60.7 Å². The lowest BCUT2D eigenvalue weighted by molar-refractivity contribution is -0.120. The van der Waals surface area contributed by atoms with Gasteiger partial charge < -0.3 is 20.9 Å². The number of amides is 2. The van der Waals surface area contributed by atoms with Gasteiger partial charge in [0.1, 0.15) is 6.10 Å². The lowest BCUT2D eigenvalue weighted by atomic mass is 9.82. The summed E-state index contributed by atoms with van der Waals surface area (Å²) in [6.07, 6.45) is 0.0918. The number of primary amides is 1. The molecule has 1 heterocycles. The van der Waals surface area contributed by atoms with E-state index in [2.05, 4.69) is 10.3 Å². The summed E-state index contributed by atoms with van der Waals surface area (Å²) < 4.78 is 5.39. The van der Waals surface area contributed by atoms with E-state index in [9.17, 15) is 14.7 Å². The Labute approximate surface area is 197 Å². The minimum absolute atomic E-state index is 0.201. The van der Waals surface area contributed by atoms with E-state index in [0.29, 0.717) is 19.3 Å². The first-order valence-corrected chi connectivity index (χ1v) is 11.7. The SMILES string of the molecule is CC(=O)N[C@@H](Cc1ccccc1)C(Cc1cncs1)[C@@H](O)[C@H](Cc1ccccc1)OC(N)=O. The Kier molecular flexibility index (Phi) is 8.97. The molecule has 2 aromatic carbocycles. The van der Waals surface area contributed by atoms with Gasteiger partial charge in [0.25, 0.3) is 0 Å². The molecule has 2 amide bonds. The highest BCUT2D eigenvalue weighted by Crippen LogP contribution is 2.26. The van der Waals surface area contributed by atoms with Crippen molar-refractivity contribution >= 4 is 23.3 Å². The van der Waals surface area contributed by atoms with E-state index in [1.807, 2.05) is 60.7 Å². The lowest BCUT2D eigenvalue weighted by Gasteiger charge is -2.35. The standard InChI is InChI=1S/C25H29N3O4S/c1-17(29)28-22(12-18-8-4-2-5-9-18)21(14-20-15-27-16-33-20)24(30)23(32-25(26)31)13-19-10-6-3-7-11-19/h2-11,15-16,21-24,30H,12-14H2,1H3,(H2,26,31)(H,28,29)/t21?,22-,23-,24+/m0/s1. The van der Waals surface area contributed by atoms with Gasteiger partial charge in [-0.15, -0.1) is 11.3 Å². The van der Waals surface area contributed by atoms with Gasteiger partial charge in [-0.2, -0.15) is 0 Å². The van der Waals surface area contributed by atoms with Gasteiger partial charge in [0, 0.05) is 36.4 Å². The van der Waals surface area contributed by atoms with Crippen LogP contribution < -0.4 is 11.1 Å². The number of benzene rings is 2. The number of thiazole rings is 1. The van der Waals surface area contributed by atoms with Crippen LogP contribution in [0.1, 0.15) is 22.9 Å². The third-order valence-electron chi connectivity index (χ3n) is 5.49. The number of aliphatic hydroxyl groups excluding tert-OH is 1. The summed E-state index contributed by atoms with van der Waals surface area (Å²) >= 11 is 1.47. The molecule has 4 atom stereocenters. The zero-order valence-electron chi connectivity index (χ0n) is 18.5. The summed E-state index contributed by atoms with van der Waals surface area (Å²) in [6, 6.07) is 18.8. The summed E-state index contributed by atoms with van der Waals surface area (Å²) in [4.78, 5) is 28.9. The Balaban J connectivity index is 1.93. The van der Waals surface area contributed by atoms with Gasteiger partial charge in [0.05, 0.1) is 11.6 Å². The van der Waals surface area contributed by atoms with Crippen LogP contribution in [0.3, 0.4) is 0 Å². The molecule has 3 rings (SSSR count). The number of aromatic nitrogens is 1. The van der Waals surface area contributed by atoms with E-state index in [0.717, 1.165) is 16.0 Å². The van der Waals surface area contributed by atoms with Crippen LogP contribution in [0.5, 0.6) is 0 Å². The zero-order chi connectivity index (χ0) is 23.6. The van der Waals surface area contributed by atoms with Crippen molar-refractivity contribution in [3.05, 3.63) is 88.4 Å². The Morgan fingerprint density at radius 3 is 2.15 bits per heavy atom. The molecule has 8 heteroatoms. The summed E-state index contributed by atoms with van der Waals surface area (Å²) in [5.41, 5.74) is 9.00. The van der Waals surface area contributed by atoms with E-state index in [1.54, 1.807) is 11.7 Å². The van der Waals surface area contributed by atoms with Gasteiger partial charge in [0.2, 0.25) is 5.91 Å². The van der Waals surface area contributed by atoms with Crippen LogP contribution in [0, 0.1) is 5.92 Å². The molecular weight excluding hydrogens is 438 g/mol. The van der Waals surface area contributed by atoms with Gasteiger partial charge in [-0.3, -0.25) is 9.78 Å². The van der Waals surface area contributed by atoms with E-state index in [-0.39, 0.29) is 5.91 Å². The fourth-order valence-electron chi connectivity index (χ4n) is 4.02. The highest BCUT2D eigenvalue weighted by atomic mass is 32.1. The molecule has 0 saturated carbocycles. The number of nitrogens with two attached hydrogens (primary N) is 1. The Morgan fingerprint density at radius 1 is 1.03 bits per heavy atom. The Bertz CT molecular complexity index is 999. The number of nitrogens with one attached hydrogen (secondary N) is 1. The van der Waals surface area contributed by atoms with Crippen molar-refractivity contribution in [2.75, 3.05) is 0 Å². The molecule has 7 nitrogen and oxygen atoms in total. The van der Waals surface area contributed by atoms with Crippen LogP contribution in [0.4, 0.5) is 4.79 Å². The number of rotatable bonds is 11. The molecule has 0 radical (unpaired) electrons. The molecule has 0 saturated heterocycles. The second kappa shape index (κ2) is 12.1. The molecule has 0 bridgehead atoms. The van der Waals surface area contributed by atoms with Gasteiger partial charge >= 0.3 is 6.09 Å². The van der Waals surface area contributed by atoms with E-state index < -0.39 is 30.3 Å². The van der Waals surface area contributed by atoms with Gasteiger partial charge in [0.15, 0.2) is 0 Å². The lowest BCUT2D eigenvalue weighted by Crippen LogP contribution is -2.51. The van der Waals surface area contributed by atoms with Crippen molar-refractivity contribution in [3.63, 3.8) is 0 Å². The fourth-order valence-corrected chi connectivity index (χ4v) is 4.69. The first-order chi connectivity index (χ1) is 15.9. The second-order valence-electron chi connectivity index (χ2n) is 7.99. The molecule has 33 heavy (non-hydrogen) atoms.